The first-order valence-corrected chi connectivity index (χ1v) is 8.22. The van der Waals surface area contributed by atoms with Gasteiger partial charge in [-0.15, -0.1) is 0 Å². The van der Waals surface area contributed by atoms with E-state index < -0.39 is 24.0 Å². The molecule has 27 heavy (non-hydrogen) atoms. The van der Waals surface area contributed by atoms with Gasteiger partial charge in [-0.25, -0.2) is 9.59 Å². The Balaban J connectivity index is 2.60. The number of esters is 2. The van der Waals surface area contributed by atoms with E-state index in [1.54, 1.807) is 26.0 Å². The first-order chi connectivity index (χ1) is 12.8. The number of methoxy groups -OCH3 is 2. The monoisotopic (exact) mass is 378 g/mol. The van der Waals surface area contributed by atoms with E-state index in [1.165, 1.54) is 21.1 Å². The van der Waals surface area contributed by atoms with Crippen molar-refractivity contribution in [2.24, 2.45) is 0 Å². The van der Waals surface area contributed by atoms with Gasteiger partial charge in [0.25, 0.3) is 0 Å². The predicted molar refractivity (Wildman–Crippen MR) is 94.6 cm³/mol. The fourth-order valence-electron chi connectivity index (χ4n) is 2.73. The Morgan fingerprint density at radius 3 is 2.22 bits per heavy atom. The average Bonchev–Trinajstić information content (AvgIpc) is 2.60. The molecule has 0 saturated heterocycles. The molecule has 9 heteroatoms. The summed E-state index contributed by atoms with van der Waals surface area (Å²) in [7, 11) is 2.81. The maximum absolute atomic E-state index is 12.4. The van der Waals surface area contributed by atoms with Gasteiger partial charge in [-0.1, -0.05) is 0 Å². The normalized spacial score (nSPS) is 16.2. The first-order valence-electron chi connectivity index (χ1n) is 8.22. The van der Waals surface area contributed by atoms with Crippen molar-refractivity contribution < 1.29 is 33.3 Å². The number of carbonyl (C=O) groups is 3. The number of hydrogen-bond donors (Lipinski definition) is 2. The molecule has 0 aliphatic carbocycles. The van der Waals surface area contributed by atoms with Gasteiger partial charge < -0.3 is 29.6 Å². The molecule has 0 aromatic heterocycles. The van der Waals surface area contributed by atoms with Crippen LogP contribution in [0.2, 0.25) is 0 Å². The van der Waals surface area contributed by atoms with Crippen LogP contribution in [0.4, 0.5) is 4.79 Å². The zero-order valence-electron chi connectivity index (χ0n) is 15.8. The van der Waals surface area contributed by atoms with Crippen molar-refractivity contribution in [3.8, 4) is 17.2 Å². The second kappa shape index (κ2) is 8.43. The third-order valence-corrected chi connectivity index (χ3v) is 3.83. The number of urea groups is 1. The van der Waals surface area contributed by atoms with Crippen molar-refractivity contribution in [3.63, 3.8) is 0 Å². The van der Waals surface area contributed by atoms with E-state index in [0.29, 0.717) is 11.3 Å². The van der Waals surface area contributed by atoms with E-state index >= 15 is 0 Å². The van der Waals surface area contributed by atoms with E-state index in [9.17, 15) is 14.4 Å². The Morgan fingerprint density at radius 1 is 1.15 bits per heavy atom. The molecule has 0 fully saturated rings. The molecule has 0 spiro atoms. The zero-order chi connectivity index (χ0) is 20.1. The summed E-state index contributed by atoms with van der Waals surface area (Å²) in [6.45, 7) is 4.75. The Kier molecular flexibility index (Phi) is 6.27. The van der Waals surface area contributed by atoms with E-state index in [-0.39, 0.29) is 29.4 Å². The standard InChI is InChI=1S/C18H22N2O7/c1-6-26-17(22)14-9(2)19-18(23)20-15(14)11-7-12(24-4)16(27-10(3)21)13(8-11)25-5/h7-8,15H,6H2,1-5H3,(H2,19,20,23)/t15-/m0/s1. The molecular formula is C18H22N2O7. The van der Waals surface area contributed by atoms with Gasteiger partial charge in [0, 0.05) is 12.6 Å². The molecule has 0 saturated carbocycles. The molecule has 9 nitrogen and oxygen atoms in total. The molecule has 2 amide bonds. The lowest BCUT2D eigenvalue weighted by atomic mass is 9.95. The molecule has 1 aliphatic rings. The van der Waals surface area contributed by atoms with Gasteiger partial charge in [0.2, 0.25) is 5.75 Å². The number of rotatable bonds is 6. The minimum atomic E-state index is -0.799. The summed E-state index contributed by atoms with van der Waals surface area (Å²) in [4.78, 5) is 35.7. The van der Waals surface area contributed by atoms with Crippen LogP contribution in [0, 0.1) is 0 Å². The van der Waals surface area contributed by atoms with Crippen molar-refractivity contribution in [1.82, 2.24) is 10.6 Å². The van der Waals surface area contributed by atoms with Crippen molar-refractivity contribution in [2.75, 3.05) is 20.8 Å². The van der Waals surface area contributed by atoms with Gasteiger partial charge in [-0.05, 0) is 31.5 Å². The molecule has 146 valence electrons. The van der Waals surface area contributed by atoms with Crippen LogP contribution in [0.5, 0.6) is 17.2 Å². The number of ether oxygens (including phenoxy) is 4. The van der Waals surface area contributed by atoms with Gasteiger partial charge in [-0.3, -0.25) is 4.79 Å². The topological polar surface area (TPSA) is 112 Å². The average molecular weight is 378 g/mol. The highest BCUT2D eigenvalue weighted by Crippen LogP contribution is 2.42. The Labute approximate surface area is 156 Å². The van der Waals surface area contributed by atoms with E-state index in [1.807, 2.05) is 0 Å². The Bertz CT molecular complexity index is 776. The van der Waals surface area contributed by atoms with Crippen LogP contribution in [0.15, 0.2) is 23.4 Å². The van der Waals surface area contributed by atoms with Crippen LogP contribution >= 0.6 is 0 Å². The van der Waals surface area contributed by atoms with Crippen LogP contribution in [-0.2, 0) is 14.3 Å². The summed E-state index contributed by atoms with van der Waals surface area (Å²) < 4.78 is 20.9. The molecule has 1 atom stereocenters. The smallest absolute Gasteiger partial charge is 0.338 e. The minimum Gasteiger partial charge on any atom is -0.493 e. The van der Waals surface area contributed by atoms with Crippen LogP contribution in [0.3, 0.4) is 0 Å². The van der Waals surface area contributed by atoms with E-state index in [0.717, 1.165) is 0 Å². The number of hydrogen-bond acceptors (Lipinski definition) is 7. The molecule has 0 unspecified atom stereocenters. The van der Waals surface area contributed by atoms with Gasteiger partial charge in [-0.2, -0.15) is 0 Å². The van der Waals surface area contributed by atoms with Crippen molar-refractivity contribution in [2.45, 2.75) is 26.8 Å². The third-order valence-electron chi connectivity index (χ3n) is 3.83. The third kappa shape index (κ3) is 4.30. The lowest BCUT2D eigenvalue weighted by molar-refractivity contribution is -0.139. The second-order valence-electron chi connectivity index (χ2n) is 5.64. The van der Waals surface area contributed by atoms with Crippen molar-refractivity contribution in [1.29, 1.82) is 0 Å². The number of amides is 2. The number of nitrogens with one attached hydrogen (secondary N) is 2. The first kappa shape index (κ1) is 20.1. The molecular weight excluding hydrogens is 356 g/mol. The molecule has 0 radical (unpaired) electrons. The number of carbonyl (C=O) groups excluding carboxylic acids is 3. The fraction of sp³-hybridized carbons (Fsp3) is 0.389. The van der Waals surface area contributed by atoms with Crippen LogP contribution in [0.25, 0.3) is 0 Å². The molecule has 2 N–H and O–H groups in total. The van der Waals surface area contributed by atoms with E-state index in [4.69, 9.17) is 18.9 Å². The van der Waals surface area contributed by atoms with Crippen LogP contribution in [-0.4, -0.2) is 38.8 Å². The largest absolute Gasteiger partial charge is 0.493 e. The highest BCUT2D eigenvalue weighted by atomic mass is 16.6. The molecule has 0 bridgehead atoms. The van der Waals surface area contributed by atoms with Gasteiger partial charge >= 0.3 is 18.0 Å². The summed E-state index contributed by atoms with van der Waals surface area (Å²) in [6, 6.07) is 1.85. The molecule has 1 aromatic carbocycles. The number of benzene rings is 1. The SMILES string of the molecule is CCOC(=O)C1=C(C)NC(=O)N[C@H]1c1cc(OC)c(OC(C)=O)c(OC)c1. The van der Waals surface area contributed by atoms with Crippen LogP contribution in [0.1, 0.15) is 32.4 Å². The fourth-order valence-corrected chi connectivity index (χ4v) is 2.73. The highest BCUT2D eigenvalue weighted by molar-refractivity contribution is 5.95. The van der Waals surface area contributed by atoms with Gasteiger partial charge in [0.15, 0.2) is 11.5 Å². The molecule has 2 rings (SSSR count). The van der Waals surface area contributed by atoms with Gasteiger partial charge in [0.1, 0.15) is 0 Å². The molecule has 1 heterocycles. The minimum absolute atomic E-state index is 0.106. The zero-order valence-corrected chi connectivity index (χ0v) is 15.8. The Hall–Kier alpha value is -3.23. The summed E-state index contributed by atoms with van der Waals surface area (Å²) in [5.74, 6) is -0.566. The van der Waals surface area contributed by atoms with Crippen LogP contribution < -0.4 is 24.8 Å². The Morgan fingerprint density at radius 2 is 1.74 bits per heavy atom. The summed E-state index contributed by atoms with van der Waals surface area (Å²) in [6.07, 6.45) is 0. The summed E-state index contributed by atoms with van der Waals surface area (Å²) in [5.41, 5.74) is 1.13. The van der Waals surface area contributed by atoms with E-state index in [2.05, 4.69) is 10.6 Å². The predicted octanol–water partition coefficient (Wildman–Crippen LogP) is 1.82. The number of allylic oxidation sites excluding steroid dienone is 1. The molecule has 1 aromatic rings. The highest BCUT2D eigenvalue weighted by Gasteiger charge is 2.33. The second-order valence-corrected chi connectivity index (χ2v) is 5.64. The van der Waals surface area contributed by atoms with Gasteiger partial charge in [0.05, 0.1) is 32.4 Å². The summed E-state index contributed by atoms with van der Waals surface area (Å²) >= 11 is 0. The molecule has 1 aliphatic heterocycles. The van der Waals surface area contributed by atoms with Crippen molar-refractivity contribution >= 4 is 18.0 Å². The quantitative estimate of drug-likeness (QED) is 0.573. The summed E-state index contributed by atoms with van der Waals surface area (Å²) in [5, 5.41) is 5.25. The maximum atomic E-state index is 12.4. The lowest BCUT2D eigenvalue weighted by Gasteiger charge is -2.28. The van der Waals surface area contributed by atoms with Crippen molar-refractivity contribution in [3.05, 3.63) is 29.0 Å². The lowest BCUT2D eigenvalue weighted by Crippen LogP contribution is -2.45. The maximum Gasteiger partial charge on any atom is 0.338 e.